The van der Waals surface area contributed by atoms with Gasteiger partial charge in [0, 0.05) is 25.9 Å². The summed E-state index contributed by atoms with van der Waals surface area (Å²) in [6.45, 7) is 0. The predicted octanol–water partition coefficient (Wildman–Crippen LogP) is 5.40. The van der Waals surface area contributed by atoms with Crippen LogP contribution in [0.25, 0.3) is 0 Å². The van der Waals surface area contributed by atoms with Crippen molar-refractivity contribution in [1.82, 2.24) is 19.6 Å². The number of nitrogen functional groups attached to an aromatic ring is 2. The van der Waals surface area contributed by atoms with Crippen molar-refractivity contribution in [2.24, 2.45) is 14.1 Å². The topological polar surface area (TPSA) is 142 Å². The molecule has 2 aliphatic rings. The highest BCUT2D eigenvalue weighted by Gasteiger charge is 2.38. The van der Waals surface area contributed by atoms with Gasteiger partial charge in [-0.05, 0) is 60.2 Å². The molecule has 0 amide bonds. The zero-order valence-electron chi connectivity index (χ0n) is 22.5. The second kappa shape index (κ2) is 11.2. The molecule has 0 saturated heterocycles. The van der Waals surface area contributed by atoms with E-state index in [1.807, 2.05) is 24.3 Å². The van der Waals surface area contributed by atoms with E-state index in [2.05, 4.69) is 46.6 Å². The number of carbonyl (C=O) groups is 2. The Morgan fingerprint density at radius 1 is 0.725 bits per heavy atom. The summed E-state index contributed by atoms with van der Waals surface area (Å²) < 4.78 is 2.98. The molecular formula is C30H33ClN6O3. The van der Waals surface area contributed by atoms with Gasteiger partial charge in [-0.25, -0.2) is 4.79 Å². The number of carboxylic acid groups (broad SMARTS) is 1. The summed E-state index contributed by atoms with van der Waals surface area (Å²) in [5, 5.41) is 17.4. The molecule has 0 bridgehead atoms. The molecule has 4 aromatic rings. The molecular weight excluding hydrogens is 528 g/mol. The van der Waals surface area contributed by atoms with Crippen LogP contribution in [0.15, 0.2) is 60.7 Å². The zero-order valence-corrected chi connectivity index (χ0v) is 23.3. The Balaban J connectivity index is 0.000000161. The Bertz CT molecular complexity index is 1400. The Labute approximate surface area is 237 Å². The van der Waals surface area contributed by atoms with E-state index in [4.69, 9.17) is 23.1 Å². The van der Waals surface area contributed by atoms with Crippen molar-refractivity contribution in [2.75, 3.05) is 11.5 Å². The van der Waals surface area contributed by atoms with Gasteiger partial charge in [-0.2, -0.15) is 10.2 Å². The van der Waals surface area contributed by atoms with Gasteiger partial charge >= 0.3 is 5.97 Å². The van der Waals surface area contributed by atoms with Gasteiger partial charge in [0.25, 0.3) is 5.24 Å². The van der Waals surface area contributed by atoms with Gasteiger partial charge in [0.15, 0.2) is 0 Å². The minimum atomic E-state index is -0.992. The molecule has 2 aromatic carbocycles. The van der Waals surface area contributed by atoms with Crippen LogP contribution in [0.5, 0.6) is 0 Å². The molecule has 2 saturated carbocycles. The van der Waals surface area contributed by atoms with Gasteiger partial charge in [0.2, 0.25) is 0 Å². The lowest BCUT2D eigenvalue weighted by atomic mass is 9.69. The van der Waals surface area contributed by atoms with Crippen LogP contribution in [0, 0.1) is 0 Å². The third kappa shape index (κ3) is 5.21. The maximum Gasteiger partial charge on any atom is 0.341 e. The fourth-order valence-corrected chi connectivity index (χ4v) is 5.98. The Morgan fingerprint density at radius 2 is 1.10 bits per heavy atom. The summed E-state index contributed by atoms with van der Waals surface area (Å²) >= 11 is 5.63. The second-order valence-electron chi connectivity index (χ2n) is 10.7. The van der Waals surface area contributed by atoms with Crippen LogP contribution >= 0.6 is 11.6 Å². The zero-order chi connectivity index (χ0) is 28.6. The quantitative estimate of drug-likeness (QED) is 0.268. The SMILES string of the molecule is Cn1nc(C2CC(c3ccccc3)C2)c(C(=O)Cl)c1N.Cn1nc(C2CC(c3ccccc3)C2)c(C(=O)O)c1N. The minimum absolute atomic E-state index is 0.170. The van der Waals surface area contributed by atoms with E-state index in [0.29, 0.717) is 28.9 Å². The van der Waals surface area contributed by atoms with Crippen LogP contribution < -0.4 is 11.5 Å². The summed E-state index contributed by atoms with van der Waals surface area (Å²) in [5.41, 5.74) is 16.2. The first-order valence-electron chi connectivity index (χ1n) is 13.3. The fourth-order valence-electron chi connectivity index (χ4n) is 5.79. The summed E-state index contributed by atoms with van der Waals surface area (Å²) in [5.74, 6) is 1.07. The van der Waals surface area contributed by atoms with Gasteiger partial charge in [-0.1, -0.05) is 60.7 Å². The number of hydrogen-bond acceptors (Lipinski definition) is 6. The van der Waals surface area contributed by atoms with Gasteiger partial charge in [-0.15, -0.1) is 0 Å². The van der Waals surface area contributed by atoms with Gasteiger partial charge in [0.05, 0.1) is 17.0 Å². The van der Waals surface area contributed by atoms with Crippen LogP contribution in [0.1, 0.15) is 92.6 Å². The number of halogens is 1. The monoisotopic (exact) mass is 560 g/mol. The molecule has 0 spiro atoms. The molecule has 5 N–H and O–H groups in total. The van der Waals surface area contributed by atoms with Crippen LogP contribution in [0.3, 0.4) is 0 Å². The van der Waals surface area contributed by atoms with Crippen molar-refractivity contribution >= 4 is 34.4 Å². The number of nitrogens with two attached hydrogens (primary N) is 2. The number of benzene rings is 2. The molecule has 9 nitrogen and oxygen atoms in total. The molecule has 2 fully saturated rings. The average Bonchev–Trinajstić information content (AvgIpc) is 3.33. The van der Waals surface area contributed by atoms with Crippen molar-refractivity contribution in [3.8, 4) is 0 Å². The van der Waals surface area contributed by atoms with Crippen LogP contribution in [-0.2, 0) is 14.1 Å². The second-order valence-corrected chi connectivity index (χ2v) is 11.0. The summed E-state index contributed by atoms with van der Waals surface area (Å²) in [6.07, 6.45) is 3.83. The number of nitrogens with zero attached hydrogens (tertiary/aromatic N) is 4. The minimum Gasteiger partial charge on any atom is -0.477 e. The number of anilines is 2. The molecule has 2 aromatic heterocycles. The van der Waals surface area contributed by atoms with Crippen LogP contribution in [-0.4, -0.2) is 35.9 Å². The molecule has 0 unspecified atom stereocenters. The summed E-state index contributed by atoms with van der Waals surface area (Å²) in [6, 6.07) is 20.7. The first-order valence-corrected chi connectivity index (χ1v) is 13.7. The Hall–Kier alpha value is -4.11. The number of aromatic carboxylic acids is 1. The Kier molecular flexibility index (Phi) is 7.67. The van der Waals surface area contributed by atoms with Gasteiger partial charge in [-0.3, -0.25) is 14.2 Å². The smallest absolute Gasteiger partial charge is 0.341 e. The molecule has 40 heavy (non-hydrogen) atoms. The molecule has 208 valence electrons. The number of carbonyl (C=O) groups excluding carboxylic acids is 1. The number of aromatic nitrogens is 4. The van der Waals surface area contributed by atoms with E-state index in [1.54, 1.807) is 14.1 Å². The molecule has 6 rings (SSSR count). The standard InChI is InChI=1S/C15H16ClN3O.C15H17N3O2/c1-19-15(17)12(14(16)20)13(18-19)11-7-10(8-11)9-5-3-2-4-6-9;1-18-14(16)12(15(19)20)13(17-18)11-7-10(8-11)9-5-3-2-4-6-9/h2-6,10-11H,7-8,17H2,1H3;2-6,10-11H,7-8,16H2,1H3,(H,19,20). The predicted molar refractivity (Wildman–Crippen MR) is 155 cm³/mol. The number of aryl methyl sites for hydroxylation is 2. The summed E-state index contributed by atoms with van der Waals surface area (Å²) in [4.78, 5) is 22.8. The van der Waals surface area contributed by atoms with Crippen molar-refractivity contribution in [2.45, 2.75) is 49.4 Å². The highest BCUT2D eigenvalue weighted by Crippen LogP contribution is 2.49. The van der Waals surface area contributed by atoms with E-state index in [0.717, 1.165) is 31.4 Å². The first kappa shape index (κ1) is 27.5. The lowest BCUT2D eigenvalue weighted by Gasteiger charge is -2.35. The molecule has 2 heterocycles. The van der Waals surface area contributed by atoms with Gasteiger partial charge < -0.3 is 16.6 Å². The molecule has 0 atom stereocenters. The van der Waals surface area contributed by atoms with Crippen molar-refractivity contribution in [3.63, 3.8) is 0 Å². The molecule has 0 radical (unpaired) electrons. The maximum atomic E-state index is 11.5. The number of rotatable bonds is 6. The largest absolute Gasteiger partial charge is 0.477 e. The first-order chi connectivity index (χ1) is 19.2. The van der Waals surface area contributed by atoms with Crippen molar-refractivity contribution in [1.29, 1.82) is 0 Å². The Morgan fingerprint density at radius 3 is 1.48 bits per heavy atom. The highest BCUT2D eigenvalue weighted by molar-refractivity contribution is 6.68. The maximum absolute atomic E-state index is 11.5. The number of carboxylic acids is 1. The molecule has 10 heteroatoms. The van der Waals surface area contributed by atoms with E-state index in [1.165, 1.54) is 20.5 Å². The van der Waals surface area contributed by atoms with E-state index in [9.17, 15) is 14.7 Å². The fraction of sp³-hybridized carbons (Fsp3) is 0.333. The van der Waals surface area contributed by atoms with Gasteiger partial charge in [0.1, 0.15) is 17.2 Å². The third-order valence-electron chi connectivity index (χ3n) is 8.24. The lowest BCUT2D eigenvalue weighted by molar-refractivity contribution is 0.0695. The normalized spacial score (nSPS) is 21.5. The number of hydrogen-bond donors (Lipinski definition) is 3. The van der Waals surface area contributed by atoms with Crippen LogP contribution in [0.4, 0.5) is 11.6 Å². The summed E-state index contributed by atoms with van der Waals surface area (Å²) in [7, 11) is 3.41. The van der Waals surface area contributed by atoms with E-state index < -0.39 is 11.2 Å². The third-order valence-corrected chi connectivity index (χ3v) is 8.43. The highest BCUT2D eigenvalue weighted by atomic mass is 35.5. The van der Waals surface area contributed by atoms with Crippen molar-refractivity contribution < 1.29 is 14.7 Å². The lowest BCUT2D eigenvalue weighted by Crippen LogP contribution is -2.22. The van der Waals surface area contributed by atoms with Crippen LogP contribution in [0.2, 0.25) is 0 Å². The van der Waals surface area contributed by atoms with E-state index >= 15 is 0 Å². The molecule has 2 aliphatic carbocycles. The average molecular weight is 561 g/mol. The van der Waals surface area contributed by atoms with Crippen molar-refractivity contribution in [3.05, 3.63) is 94.3 Å². The molecule has 0 aliphatic heterocycles. The van der Waals surface area contributed by atoms with E-state index in [-0.39, 0.29) is 23.2 Å².